The van der Waals surface area contributed by atoms with E-state index >= 15 is 0 Å². The second-order valence-corrected chi connectivity index (χ2v) is 15.1. The van der Waals surface area contributed by atoms with Crippen LogP contribution in [0.3, 0.4) is 0 Å². The van der Waals surface area contributed by atoms with Gasteiger partial charge in [-0.15, -0.1) is 17.7 Å². The van der Waals surface area contributed by atoms with Gasteiger partial charge in [-0.25, -0.2) is 4.98 Å². The Morgan fingerprint density at radius 2 is 1.34 bits per heavy atom. The molecule has 2 heterocycles. The standard InChI is InChI=1S/C53H40N3O.Pt/c1-33-21-24-35(25-22-33)37-27-28-54-46(32-37)38-30-43-39-15-8-10-18-45(39)53(3,4)50(43)44(31-38)40-17-12-19-48-51(40)55-52(41-16-9-11-20-49(41)57)56(48)47-26-23-34(2)29-42(47)36-13-6-5-7-14-36;/h5-30,32,57H,1-4H3;/q-1;/i1D3,2D3;. The number of fused-ring (bicyclic) bond motifs is 4. The summed E-state index contributed by atoms with van der Waals surface area (Å²) in [5.41, 5.74) is 13.7. The van der Waals surface area contributed by atoms with Gasteiger partial charge in [-0.2, -0.15) is 0 Å². The third-order valence-electron chi connectivity index (χ3n) is 11.3. The Balaban J connectivity index is 0.00000518. The van der Waals surface area contributed by atoms with Gasteiger partial charge in [-0.1, -0.05) is 162 Å². The molecule has 0 saturated heterocycles. The Labute approximate surface area is 362 Å². The molecule has 0 amide bonds. The molecule has 0 bridgehead atoms. The topological polar surface area (TPSA) is 50.9 Å². The zero-order chi connectivity index (χ0) is 43.8. The number of aromatic hydroxyl groups is 1. The maximum absolute atomic E-state index is 11.4. The van der Waals surface area contributed by atoms with E-state index in [2.05, 4.69) is 56.3 Å². The number of imidazole rings is 1. The molecule has 4 nitrogen and oxygen atoms in total. The molecule has 5 heteroatoms. The first kappa shape index (κ1) is 30.7. The summed E-state index contributed by atoms with van der Waals surface area (Å²) in [4.78, 5) is 10.3. The van der Waals surface area contributed by atoms with Gasteiger partial charge in [0.25, 0.3) is 0 Å². The predicted molar refractivity (Wildman–Crippen MR) is 234 cm³/mol. The molecule has 1 aliphatic carbocycles. The maximum atomic E-state index is 11.4. The minimum absolute atomic E-state index is 0. The van der Waals surface area contributed by atoms with Crippen molar-refractivity contribution >= 4 is 11.0 Å². The number of pyridine rings is 1. The van der Waals surface area contributed by atoms with Crippen molar-refractivity contribution in [2.75, 3.05) is 0 Å². The average Bonchev–Trinajstić information content (AvgIpc) is 3.78. The van der Waals surface area contributed by atoms with Gasteiger partial charge < -0.3 is 5.11 Å². The SMILES string of the molecule is [2H]C([2H])([2H])c1ccc(-c2ccnc(-c3[c-]c(-c4cccc5c4nc(-c4ccccc4O)n5-c4ccc(C([2H])([2H])[2H])cc4-c4ccccc4)c4c(c3)-c3ccccc3C4(C)C)c2)cc1.[Pt]. The van der Waals surface area contributed by atoms with E-state index in [0.29, 0.717) is 33.8 Å². The summed E-state index contributed by atoms with van der Waals surface area (Å²) in [5.74, 6) is 0.546. The quantitative estimate of drug-likeness (QED) is 0.169. The molecule has 1 N–H and O–H groups in total. The maximum Gasteiger partial charge on any atom is 0.148 e. The molecule has 7 aromatic carbocycles. The summed E-state index contributed by atoms with van der Waals surface area (Å²) >= 11 is 0. The van der Waals surface area contributed by atoms with Crippen molar-refractivity contribution in [3.63, 3.8) is 0 Å². The summed E-state index contributed by atoms with van der Waals surface area (Å²) in [6.07, 6.45) is 1.77. The van der Waals surface area contributed by atoms with E-state index in [-0.39, 0.29) is 37.9 Å². The molecule has 1 aliphatic rings. The monoisotopic (exact) mass is 935 g/mol. The van der Waals surface area contributed by atoms with Crippen LogP contribution in [0.25, 0.3) is 83.9 Å². The minimum atomic E-state index is -2.34. The average molecular weight is 936 g/mol. The largest absolute Gasteiger partial charge is 0.507 e. The number of phenols is 1. The van der Waals surface area contributed by atoms with Gasteiger partial charge in [0, 0.05) is 46.7 Å². The van der Waals surface area contributed by atoms with Crippen molar-refractivity contribution in [3.8, 4) is 78.6 Å². The summed E-state index contributed by atoms with van der Waals surface area (Å²) in [6, 6.07) is 53.5. The van der Waals surface area contributed by atoms with E-state index in [1.165, 1.54) is 5.56 Å². The fraction of sp³-hybridized carbons (Fsp3) is 0.0943. The molecule has 0 atom stereocenters. The first-order valence-electron chi connectivity index (χ1n) is 22.0. The van der Waals surface area contributed by atoms with Crippen LogP contribution < -0.4 is 0 Å². The summed E-state index contributed by atoms with van der Waals surface area (Å²) in [6.45, 7) is -0.0587. The number of aryl methyl sites for hydroxylation is 2. The Bertz CT molecular complexity index is 3250. The van der Waals surface area contributed by atoms with Crippen LogP contribution in [0.15, 0.2) is 164 Å². The van der Waals surface area contributed by atoms with Gasteiger partial charge in [0.05, 0.1) is 22.3 Å². The second-order valence-electron chi connectivity index (χ2n) is 15.1. The van der Waals surface area contributed by atoms with Crippen LogP contribution >= 0.6 is 0 Å². The number of rotatable bonds is 6. The van der Waals surface area contributed by atoms with Crippen LogP contribution in [0.4, 0.5) is 0 Å². The summed E-state index contributed by atoms with van der Waals surface area (Å²) in [5, 5.41) is 11.4. The molecule has 9 aromatic rings. The number of hydrogen-bond acceptors (Lipinski definition) is 3. The van der Waals surface area contributed by atoms with E-state index in [0.717, 1.165) is 55.6 Å². The van der Waals surface area contributed by atoms with Gasteiger partial charge >= 0.3 is 0 Å². The van der Waals surface area contributed by atoms with Crippen molar-refractivity contribution < 1.29 is 34.4 Å². The number of nitrogens with zero attached hydrogens (tertiary/aromatic N) is 3. The summed E-state index contributed by atoms with van der Waals surface area (Å²) in [7, 11) is 0. The molecular weight excluding hydrogens is 890 g/mol. The normalized spacial score (nSPS) is 14.5. The van der Waals surface area contributed by atoms with Gasteiger partial charge in [-0.3, -0.25) is 9.55 Å². The van der Waals surface area contributed by atoms with E-state index < -0.39 is 19.1 Å². The number of aromatic nitrogens is 3. The number of hydrogen-bond donors (Lipinski definition) is 1. The first-order valence-corrected chi connectivity index (χ1v) is 19.0. The van der Waals surface area contributed by atoms with Crippen LogP contribution in [0.1, 0.15) is 44.3 Å². The van der Waals surface area contributed by atoms with Crippen LogP contribution in [-0.4, -0.2) is 19.6 Å². The molecular formula is C53H40N3OPt-. The molecule has 284 valence electrons. The Morgan fingerprint density at radius 1 is 0.621 bits per heavy atom. The van der Waals surface area contributed by atoms with E-state index in [9.17, 15) is 5.11 Å². The van der Waals surface area contributed by atoms with Crippen LogP contribution in [0.5, 0.6) is 5.75 Å². The Morgan fingerprint density at radius 3 is 2.14 bits per heavy atom. The fourth-order valence-corrected chi connectivity index (χ4v) is 8.57. The van der Waals surface area contributed by atoms with Gasteiger partial charge in [0.2, 0.25) is 0 Å². The van der Waals surface area contributed by atoms with Crippen molar-refractivity contribution in [1.29, 1.82) is 0 Å². The van der Waals surface area contributed by atoms with Crippen LogP contribution in [0, 0.1) is 19.8 Å². The molecule has 0 spiro atoms. The predicted octanol–water partition coefficient (Wildman–Crippen LogP) is 13.2. The van der Waals surface area contributed by atoms with Crippen molar-refractivity contribution in [2.24, 2.45) is 0 Å². The van der Waals surface area contributed by atoms with Crippen molar-refractivity contribution in [1.82, 2.24) is 14.5 Å². The third-order valence-corrected chi connectivity index (χ3v) is 11.3. The molecule has 0 unspecified atom stereocenters. The van der Waals surface area contributed by atoms with E-state index in [1.807, 2.05) is 89.5 Å². The zero-order valence-electron chi connectivity index (χ0n) is 37.7. The van der Waals surface area contributed by atoms with Gasteiger partial charge in [0.15, 0.2) is 0 Å². The van der Waals surface area contributed by atoms with Crippen molar-refractivity contribution in [3.05, 3.63) is 192 Å². The van der Waals surface area contributed by atoms with Gasteiger partial charge in [0.1, 0.15) is 11.6 Å². The molecule has 10 rings (SSSR count). The second kappa shape index (κ2) is 14.5. The third kappa shape index (κ3) is 6.11. The van der Waals surface area contributed by atoms with E-state index in [1.54, 1.807) is 42.6 Å². The fourth-order valence-electron chi connectivity index (χ4n) is 8.57. The number of para-hydroxylation sites is 2. The van der Waals surface area contributed by atoms with Crippen LogP contribution in [-0.2, 0) is 26.5 Å². The molecule has 0 saturated carbocycles. The van der Waals surface area contributed by atoms with Crippen molar-refractivity contribution in [2.45, 2.75) is 33.0 Å². The van der Waals surface area contributed by atoms with E-state index in [4.69, 9.17) is 18.2 Å². The molecule has 2 aromatic heterocycles. The first-order chi connectivity index (χ1) is 30.2. The number of phenolic OH excluding ortho intramolecular Hbond substituents is 1. The molecule has 0 aliphatic heterocycles. The Kier molecular flexibility index (Phi) is 7.71. The molecule has 0 radical (unpaired) electrons. The van der Waals surface area contributed by atoms with Gasteiger partial charge in [-0.05, 0) is 83.3 Å². The zero-order valence-corrected chi connectivity index (χ0v) is 34.0. The molecule has 58 heavy (non-hydrogen) atoms. The number of benzene rings is 7. The summed E-state index contributed by atoms with van der Waals surface area (Å²) < 4.78 is 50.4. The Hall–Kier alpha value is -6.35. The smallest absolute Gasteiger partial charge is 0.148 e. The minimum Gasteiger partial charge on any atom is -0.507 e. The van der Waals surface area contributed by atoms with Crippen LogP contribution in [0.2, 0.25) is 0 Å². The molecule has 0 fully saturated rings.